The van der Waals surface area contributed by atoms with Crippen LogP contribution in [0, 0.1) is 0 Å². The summed E-state index contributed by atoms with van der Waals surface area (Å²) in [7, 11) is -3.52. The Bertz CT molecular complexity index is 451. The maximum Gasteiger partial charge on any atom is 0.240 e. The van der Waals surface area contributed by atoms with Gasteiger partial charge in [0.05, 0.1) is 11.5 Å². The fourth-order valence-electron chi connectivity index (χ4n) is 1.40. The number of benzene rings is 1. The molecule has 0 heterocycles. The molecule has 1 aromatic carbocycles. The SMILES string of the molecule is CC(C)c1ccc(S(=O)(=O)N[C@H](C)CO)cc1. The highest BCUT2D eigenvalue weighted by atomic mass is 32.2. The van der Waals surface area contributed by atoms with Gasteiger partial charge in [-0.1, -0.05) is 26.0 Å². The van der Waals surface area contributed by atoms with E-state index in [2.05, 4.69) is 18.6 Å². The van der Waals surface area contributed by atoms with Gasteiger partial charge in [0, 0.05) is 6.04 Å². The van der Waals surface area contributed by atoms with Crippen LogP contribution in [0.2, 0.25) is 0 Å². The predicted octanol–water partition coefficient (Wildman–Crippen LogP) is 1.47. The topological polar surface area (TPSA) is 66.4 Å². The molecule has 0 spiro atoms. The third-order valence-corrected chi connectivity index (χ3v) is 4.09. The van der Waals surface area contributed by atoms with Crippen LogP contribution in [-0.4, -0.2) is 26.2 Å². The van der Waals surface area contributed by atoms with Gasteiger partial charge in [-0.25, -0.2) is 13.1 Å². The van der Waals surface area contributed by atoms with Crippen LogP contribution in [0.25, 0.3) is 0 Å². The number of hydrogen-bond acceptors (Lipinski definition) is 3. The molecule has 0 saturated carbocycles. The Kier molecular flexibility index (Phi) is 4.68. The molecule has 0 aliphatic heterocycles. The zero-order chi connectivity index (χ0) is 13.1. The van der Waals surface area contributed by atoms with Gasteiger partial charge in [0.2, 0.25) is 10.0 Å². The van der Waals surface area contributed by atoms with Gasteiger partial charge in [-0.15, -0.1) is 0 Å². The first-order chi connectivity index (χ1) is 7.86. The standard InChI is InChI=1S/C12H19NO3S/c1-9(2)11-4-6-12(7-5-11)17(15,16)13-10(3)8-14/h4-7,9-10,13-14H,8H2,1-3H3/t10-/m1/s1. The van der Waals surface area contributed by atoms with Crippen LogP contribution in [0.4, 0.5) is 0 Å². The molecule has 2 N–H and O–H groups in total. The maximum atomic E-state index is 11.9. The molecular formula is C12H19NO3S. The minimum atomic E-state index is -3.52. The van der Waals surface area contributed by atoms with Gasteiger partial charge in [0.25, 0.3) is 0 Å². The van der Waals surface area contributed by atoms with Crippen LogP contribution in [0.1, 0.15) is 32.3 Å². The first kappa shape index (κ1) is 14.2. The summed E-state index contributed by atoms with van der Waals surface area (Å²) >= 11 is 0. The van der Waals surface area contributed by atoms with Crippen molar-refractivity contribution in [2.75, 3.05) is 6.61 Å². The third kappa shape index (κ3) is 3.80. The van der Waals surface area contributed by atoms with Crippen LogP contribution in [-0.2, 0) is 10.0 Å². The van der Waals surface area contributed by atoms with E-state index in [0.717, 1.165) is 5.56 Å². The Hall–Kier alpha value is -0.910. The molecule has 0 aliphatic carbocycles. The van der Waals surface area contributed by atoms with Gasteiger partial charge in [0.1, 0.15) is 0 Å². The van der Waals surface area contributed by atoms with E-state index in [1.54, 1.807) is 19.1 Å². The lowest BCUT2D eigenvalue weighted by Crippen LogP contribution is -2.34. The van der Waals surface area contributed by atoms with Crippen molar-refractivity contribution in [1.82, 2.24) is 4.72 Å². The van der Waals surface area contributed by atoms with Crippen LogP contribution in [0.5, 0.6) is 0 Å². The summed E-state index contributed by atoms with van der Waals surface area (Å²) in [5.74, 6) is 0.371. The minimum Gasteiger partial charge on any atom is -0.395 e. The van der Waals surface area contributed by atoms with E-state index in [4.69, 9.17) is 5.11 Å². The van der Waals surface area contributed by atoms with Crippen LogP contribution in [0.3, 0.4) is 0 Å². The van der Waals surface area contributed by atoms with Crippen molar-refractivity contribution < 1.29 is 13.5 Å². The lowest BCUT2D eigenvalue weighted by Gasteiger charge is -2.12. The second-order valence-electron chi connectivity index (χ2n) is 4.43. The minimum absolute atomic E-state index is 0.219. The molecule has 1 aromatic rings. The summed E-state index contributed by atoms with van der Waals surface area (Å²) < 4.78 is 26.1. The molecule has 4 nitrogen and oxygen atoms in total. The molecule has 5 heteroatoms. The zero-order valence-electron chi connectivity index (χ0n) is 10.3. The molecule has 0 radical (unpaired) electrons. The van der Waals surface area contributed by atoms with E-state index in [1.807, 2.05) is 12.1 Å². The fraction of sp³-hybridized carbons (Fsp3) is 0.500. The smallest absolute Gasteiger partial charge is 0.240 e. The fourth-order valence-corrected chi connectivity index (χ4v) is 2.64. The largest absolute Gasteiger partial charge is 0.395 e. The number of hydrogen-bond donors (Lipinski definition) is 2. The summed E-state index contributed by atoms with van der Waals surface area (Å²) in [6.45, 7) is 5.49. The van der Waals surface area contributed by atoms with Crippen molar-refractivity contribution in [2.24, 2.45) is 0 Å². The highest BCUT2D eigenvalue weighted by Crippen LogP contribution is 2.17. The average molecular weight is 257 g/mol. The van der Waals surface area contributed by atoms with Crippen molar-refractivity contribution in [3.8, 4) is 0 Å². The highest BCUT2D eigenvalue weighted by Gasteiger charge is 2.16. The van der Waals surface area contributed by atoms with Crippen molar-refractivity contribution in [3.63, 3.8) is 0 Å². The lowest BCUT2D eigenvalue weighted by atomic mass is 10.0. The van der Waals surface area contributed by atoms with Crippen molar-refractivity contribution in [2.45, 2.75) is 37.6 Å². The molecule has 0 fully saturated rings. The Balaban J connectivity index is 2.92. The molecule has 0 bridgehead atoms. The van der Waals surface area contributed by atoms with Gasteiger partial charge in [-0.3, -0.25) is 0 Å². The number of nitrogens with one attached hydrogen (secondary N) is 1. The molecule has 1 atom stereocenters. The zero-order valence-corrected chi connectivity index (χ0v) is 11.2. The van der Waals surface area contributed by atoms with Gasteiger partial charge < -0.3 is 5.11 Å². The van der Waals surface area contributed by atoms with E-state index in [-0.39, 0.29) is 11.5 Å². The molecular weight excluding hydrogens is 238 g/mol. The van der Waals surface area contributed by atoms with E-state index in [1.165, 1.54) is 0 Å². The Labute approximate surface area is 103 Å². The molecule has 0 unspecified atom stereocenters. The van der Waals surface area contributed by atoms with Gasteiger partial charge in [-0.2, -0.15) is 0 Å². The predicted molar refractivity (Wildman–Crippen MR) is 67.4 cm³/mol. The summed E-state index contributed by atoms with van der Waals surface area (Å²) in [4.78, 5) is 0.224. The monoisotopic (exact) mass is 257 g/mol. The first-order valence-electron chi connectivity index (χ1n) is 5.60. The number of sulfonamides is 1. The molecule has 17 heavy (non-hydrogen) atoms. The van der Waals surface area contributed by atoms with Gasteiger partial charge in [0.15, 0.2) is 0 Å². The number of rotatable bonds is 5. The number of aliphatic hydroxyl groups is 1. The second-order valence-corrected chi connectivity index (χ2v) is 6.14. The molecule has 96 valence electrons. The first-order valence-corrected chi connectivity index (χ1v) is 7.08. The molecule has 0 amide bonds. The van der Waals surface area contributed by atoms with Crippen LogP contribution in [0.15, 0.2) is 29.2 Å². The Morgan fingerprint density at radius 1 is 1.18 bits per heavy atom. The summed E-state index contributed by atoms with van der Waals surface area (Å²) in [5.41, 5.74) is 1.10. The lowest BCUT2D eigenvalue weighted by molar-refractivity contribution is 0.265. The average Bonchev–Trinajstić information content (AvgIpc) is 2.28. The van der Waals surface area contributed by atoms with Crippen molar-refractivity contribution in [1.29, 1.82) is 0 Å². The Morgan fingerprint density at radius 2 is 1.71 bits per heavy atom. The molecule has 1 rings (SSSR count). The summed E-state index contributed by atoms with van der Waals surface area (Å²) in [5, 5.41) is 8.83. The van der Waals surface area contributed by atoms with Gasteiger partial charge in [-0.05, 0) is 30.5 Å². The Morgan fingerprint density at radius 3 is 2.12 bits per heavy atom. The summed E-state index contributed by atoms with van der Waals surface area (Å²) in [6, 6.07) is 6.31. The quantitative estimate of drug-likeness (QED) is 0.839. The normalized spacial score (nSPS) is 13.9. The third-order valence-electron chi connectivity index (χ3n) is 2.49. The number of aliphatic hydroxyl groups excluding tert-OH is 1. The van der Waals surface area contributed by atoms with E-state index in [0.29, 0.717) is 5.92 Å². The van der Waals surface area contributed by atoms with Crippen LogP contribution < -0.4 is 4.72 Å². The van der Waals surface area contributed by atoms with Crippen LogP contribution >= 0.6 is 0 Å². The summed E-state index contributed by atoms with van der Waals surface area (Å²) in [6.07, 6.45) is 0. The van der Waals surface area contributed by atoms with Gasteiger partial charge >= 0.3 is 0 Å². The molecule has 0 aromatic heterocycles. The molecule has 0 aliphatic rings. The van der Waals surface area contributed by atoms with E-state index < -0.39 is 16.1 Å². The van der Waals surface area contributed by atoms with E-state index in [9.17, 15) is 8.42 Å². The second kappa shape index (κ2) is 5.62. The highest BCUT2D eigenvalue weighted by molar-refractivity contribution is 7.89. The maximum absolute atomic E-state index is 11.9. The molecule has 0 saturated heterocycles. The van der Waals surface area contributed by atoms with Crippen molar-refractivity contribution >= 4 is 10.0 Å². The van der Waals surface area contributed by atoms with E-state index >= 15 is 0 Å². The van der Waals surface area contributed by atoms with Crippen molar-refractivity contribution in [3.05, 3.63) is 29.8 Å².